The molecule has 23 heavy (non-hydrogen) atoms. The number of carbonyl (C=O) groups is 2. The first-order valence-electron chi connectivity index (χ1n) is 8.11. The predicted molar refractivity (Wildman–Crippen MR) is 88.6 cm³/mol. The number of likely N-dealkylation sites (tertiary alicyclic amines) is 1. The minimum Gasteiger partial charge on any atom is -0.481 e. The number of hydrogen-bond donors (Lipinski definition) is 2. The molecule has 2 aliphatic heterocycles. The third-order valence-electron chi connectivity index (χ3n) is 4.66. The van der Waals surface area contributed by atoms with Gasteiger partial charge in [-0.05, 0) is 52.2 Å². The van der Waals surface area contributed by atoms with Crippen LogP contribution in [0.4, 0.5) is 4.79 Å². The van der Waals surface area contributed by atoms with E-state index in [1.165, 1.54) is 4.90 Å². The van der Waals surface area contributed by atoms with Gasteiger partial charge in [-0.1, -0.05) is 0 Å². The van der Waals surface area contributed by atoms with Gasteiger partial charge in [-0.25, -0.2) is 4.79 Å². The molecule has 0 aliphatic carbocycles. The molecule has 2 rings (SSSR count). The molecule has 0 spiro atoms. The molecule has 0 aromatic carbocycles. The van der Waals surface area contributed by atoms with Crippen LogP contribution in [0.25, 0.3) is 0 Å². The molecule has 132 valence electrons. The van der Waals surface area contributed by atoms with Crippen LogP contribution >= 0.6 is 11.8 Å². The number of ether oxygens (including phenoxy) is 1. The summed E-state index contributed by atoms with van der Waals surface area (Å²) in [6, 6.07) is 0. The van der Waals surface area contributed by atoms with Crippen molar-refractivity contribution >= 4 is 23.8 Å². The van der Waals surface area contributed by atoms with Crippen LogP contribution in [0.15, 0.2) is 0 Å². The van der Waals surface area contributed by atoms with Gasteiger partial charge in [0.15, 0.2) is 0 Å². The average Bonchev–Trinajstić information content (AvgIpc) is 2.46. The lowest BCUT2D eigenvalue weighted by molar-refractivity contribution is -0.175. The van der Waals surface area contributed by atoms with E-state index in [1.54, 1.807) is 32.5 Å². The zero-order valence-corrected chi connectivity index (χ0v) is 14.9. The molecular formula is C16H27NO5S. The Bertz CT molecular complexity index is 470. The van der Waals surface area contributed by atoms with Gasteiger partial charge in [0.25, 0.3) is 0 Å². The maximum atomic E-state index is 12.3. The smallest absolute Gasteiger partial charge is 0.410 e. The molecule has 2 aliphatic rings. The van der Waals surface area contributed by atoms with Crippen molar-refractivity contribution in [3.05, 3.63) is 0 Å². The first-order chi connectivity index (χ1) is 10.6. The van der Waals surface area contributed by atoms with Crippen LogP contribution < -0.4 is 0 Å². The van der Waals surface area contributed by atoms with Crippen molar-refractivity contribution in [1.82, 2.24) is 4.90 Å². The van der Waals surface area contributed by atoms with Gasteiger partial charge in [0.05, 0.1) is 5.60 Å². The molecule has 7 heteroatoms. The lowest BCUT2D eigenvalue weighted by Gasteiger charge is -2.50. The summed E-state index contributed by atoms with van der Waals surface area (Å²) in [5, 5.41) is 21.0. The molecule has 2 atom stereocenters. The number of amides is 1. The minimum absolute atomic E-state index is 0.00824. The number of thioether (sulfide) groups is 1. The van der Waals surface area contributed by atoms with Gasteiger partial charge in [-0.2, -0.15) is 11.8 Å². The SMILES string of the molecule is CC(C)(C)OC(=O)N1CCCC(C(=O)O)(C2(O)CCCSC2)C1. The molecule has 0 bridgehead atoms. The summed E-state index contributed by atoms with van der Waals surface area (Å²) in [6.45, 7) is 5.82. The Labute approximate surface area is 141 Å². The summed E-state index contributed by atoms with van der Waals surface area (Å²) in [5.74, 6) is 0.325. The van der Waals surface area contributed by atoms with Gasteiger partial charge in [-0.15, -0.1) is 0 Å². The monoisotopic (exact) mass is 345 g/mol. The van der Waals surface area contributed by atoms with E-state index in [-0.39, 0.29) is 6.54 Å². The van der Waals surface area contributed by atoms with Gasteiger partial charge in [-0.3, -0.25) is 4.79 Å². The first kappa shape index (κ1) is 18.4. The Morgan fingerprint density at radius 2 is 1.91 bits per heavy atom. The molecule has 2 heterocycles. The van der Waals surface area contributed by atoms with E-state index in [0.29, 0.717) is 31.6 Å². The third kappa shape index (κ3) is 3.76. The van der Waals surface area contributed by atoms with Crippen molar-refractivity contribution < 1.29 is 24.5 Å². The summed E-state index contributed by atoms with van der Waals surface area (Å²) in [5.41, 5.74) is -3.21. The average molecular weight is 345 g/mol. The van der Waals surface area contributed by atoms with Crippen molar-refractivity contribution in [2.45, 2.75) is 57.7 Å². The van der Waals surface area contributed by atoms with E-state index in [0.717, 1.165) is 12.2 Å². The number of carboxylic acids is 1. The molecule has 2 N–H and O–H groups in total. The Balaban J connectivity index is 2.23. The molecular weight excluding hydrogens is 318 g/mol. The zero-order chi connectivity index (χ0) is 17.3. The highest BCUT2D eigenvalue weighted by atomic mass is 32.2. The second-order valence-electron chi connectivity index (χ2n) is 7.58. The number of nitrogens with zero attached hydrogens (tertiary/aromatic N) is 1. The lowest BCUT2D eigenvalue weighted by Crippen LogP contribution is -2.64. The van der Waals surface area contributed by atoms with Crippen molar-refractivity contribution in [3.8, 4) is 0 Å². The Morgan fingerprint density at radius 1 is 1.22 bits per heavy atom. The van der Waals surface area contributed by atoms with Gasteiger partial charge >= 0.3 is 12.1 Å². The molecule has 2 saturated heterocycles. The summed E-state index contributed by atoms with van der Waals surface area (Å²) < 4.78 is 5.38. The fourth-order valence-corrected chi connectivity index (χ4v) is 4.70. The number of hydrogen-bond acceptors (Lipinski definition) is 5. The van der Waals surface area contributed by atoms with Gasteiger partial charge in [0.1, 0.15) is 11.0 Å². The van der Waals surface area contributed by atoms with Crippen LogP contribution in [-0.4, -0.2) is 63.0 Å². The predicted octanol–water partition coefficient (Wildman–Crippen LogP) is 2.35. The fraction of sp³-hybridized carbons (Fsp3) is 0.875. The van der Waals surface area contributed by atoms with Crippen molar-refractivity contribution in [2.24, 2.45) is 5.41 Å². The van der Waals surface area contributed by atoms with Crippen molar-refractivity contribution in [1.29, 1.82) is 0 Å². The maximum Gasteiger partial charge on any atom is 0.410 e. The normalized spacial score (nSPS) is 32.4. The quantitative estimate of drug-likeness (QED) is 0.799. The topological polar surface area (TPSA) is 87.1 Å². The highest BCUT2D eigenvalue weighted by molar-refractivity contribution is 7.99. The minimum atomic E-state index is -1.31. The fourth-order valence-electron chi connectivity index (χ4n) is 3.45. The Morgan fingerprint density at radius 3 is 2.43 bits per heavy atom. The molecule has 6 nitrogen and oxygen atoms in total. The summed E-state index contributed by atoms with van der Waals surface area (Å²) in [7, 11) is 0. The van der Waals surface area contributed by atoms with Crippen LogP contribution in [0.2, 0.25) is 0 Å². The molecule has 2 unspecified atom stereocenters. The largest absolute Gasteiger partial charge is 0.481 e. The van der Waals surface area contributed by atoms with E-state index in [1.807, 2.05) is 0 Å². The van der Waals surface area contributed by atoms with Gasteiger partial charge in [0, 0.05) is 18.8 Å². The van der Waals surface area contributed by atoms with Crippen LogP contribution in [0, 0.1) is 5.41 Å². The summed E-state index contributed by atoms with van der Waals surface area (Å²) in [4.78, 5) is 25.9. The number of piperidine rings is 1. The molecule has 1 amide bonds. The second kappa shape index (κ2) is 6.51. The summed E-state index contributed by atoms with van der Waals surface area (Å²) in [6.07, 6.45) is 1.70. The Hall–Kier alpha value is -0.950. The molecule has 0 radical (unpaired) electrons. The van der Waals surface area contributed by atoms with E-state index >= 15 is 0 Å². The van der Waals surface area contributed by atoms with E-state index in [4.69, 9.17) is 4.74 Å². The van der Waals surface area contributed by atoms with Crippen LogP contribution in [0.3, 0.4) is 0 Å². The van der Waals surface area contributed by atoms with Crippen molar-refractivity contribution in [2.75, 3.05) is 24.6 Å². The standard InChI is InChI=1S/C16H27NO5S/c1-14(2,3)22-13(20)17-8-4-6-15(10-17,12(18)19)16(21)7-5-9-23-11-16/h21H,4-11H2,1-3H3,(H,18,19). The number of carbonyl (C=O) groups excluding carboxylic acids is 1. The Kier molecular flexibility index (Phi) is 5.21. The maximum absolute atomic E-state index is 12.3. The van der Waals surface area contributed by atoms with E-state index in [9.17, 15) is 19.8 Å². The highest BCUT2D eigenvalue weighted by Crippen LogP contribution is 2.47. The second-order valence-corrected chi connectivity index (χ2v) is 8.69. The number of rotatable bonds is 2. The highest BCUT2D eigenvalue weighted by Gasteiger charge is 2.58. The number of aliphatic hydroxyl groups is 1. The lowest BCUT2D eigenvalue weighted by atomic mass is 9.65. The van der Waals surface area contributed by atoms with Crippen LogP contribution in [0.5, 0.6) is 0 Å². The van der Waals surface area contributed by atoms with Gasteiger partial charge < -0.3 is 19.8 Å². The first-order valence-corrected chi connectivity index (χ1v) is 9.27. The van der Waals surface area contributed by atoms with Crippen LogP contribution in [-0.2, 0) is 9.53 Å². The number of aliphatic carboxylic acids is 1. The van der Waals surface area contributed by atoms with E-state index in [2.05, 4.69) is 0 Å². The third-order valence-corrected chi connectivity index (χ3v) is 5.92. The number of carboxylic acid groups (broad SMARTS) is 1. The molecule has 0 aromatic heterocycles. The van der Waals surface area contributed by atoms with Crippen molar-refractivity contribution in [3.63, 3.8) is 0 Å². The molecule has 0 aromatic rings. The molecule has 0 saturated carbocycles. The van der Waals surface area contributed by atoms with E-state index < -0.39 is 28.7 Å². The zero-order valence-electron chi connectivity index (χ0n) is 14.1. The summed E-state index contributed by atoms with van der Waals surface area (Å²) >= 11 is 1.58. The van der Waals surface area contributed by atoms with Gasteiger partial charge in [0.2, 0.25) is 0 Å². The van der Waals surface area contributed by atoms with Crippen LogP contribution in [0.1, 0.15) is 46.5 Å². The molecule has 2 fully saturated rings.